The summed E-state index contributed by atoms with van der Waals surface area (Å²) in [7, 11) is 0. The van der Waals surface area contributed by atoms with Gasteiger partial charge in [0.1, 0.15) is 5.75 Å². The summed E-state index contributed by atoms with van der Waals surface area (Å²) in [6.45, 7) is 4.24. The maximum absolute atomic E-state index is 12.0. The Labute approximate surface area is 131 Å². The molecule has 2 aromatic carbocycles. The number of carbonyl (C=O) groups is 1. The van der Waals surface area contributed by atoms with Crippen molar-refractivity contribution in [2.75, 3.05) is 11.9 Å². The number of anilines is 1. The molecule has 0 aliphatic carbocycles. The zero-order valence-corrected chi connectivity index (χ0v) is 13.0. The lowest BCUT2D eigenvalue weighted by atomic mass is 10.1. The summed E-state index contributed by atoms with van der Waals surface area (Å²) in [6.07, 6.45) is 0.293. The zero-order valence-electron chi connectivity index (χ0n) is 13.0. The van der Waals surface area contributed by atoms with Crippen LogP contribution in [0.25, 0.3) is 0 Å². The molecule has 0 fully saturated rings. The van der Waals surface area contributed by atoms with E-state index in [9.17, 15) is 4.79 Å². The lowest BCUT2D eigenvalue weighted by Gasteiger charge is -2.13. The highest BCUT2D eigenvalue weighted by molar-refractivity contribution is 5.91. The van der Waals surface area contributed by atoms with Crippen LogP contribution in [0.1, 0.15) is 30.5 Å². The number of hydrogen-bond acceptors (Lipinski definition) is 3. The topological polar surface area (TPSA) is 64.3 Å². The van der Waals surface area contributed by atoms with Gasteiger partial charge in [-0.1, -0.05) is 30.3 Å². The summed E-state index contributed by atoms with van der Waals surface area (Å²) in [5, 5.41) is 2.89. The van der Waals surface area contributed by atoms with E-state index in [-0.39, 0.29) is 11.9 Å². The standard InChI is InChI=1S/C18H22N2O2/c1-13-6-5-7-15(12-13)22-11-10-18(21)20-17-9-4-3-8-16(17)14(2)19/h3-9,12,14H,10-11,19H2,1-2H3,(H,20,21). The molecule has 0 radical (unpaired) electrons. The molecular weight excluding hydrogens is 276 g/mol. The third-order valence-electron chi connectivity index (χ3n) is 3.31. The molecule has 2 rings (SSSR count). The number of nitrogens with two attached hydrogens (primary N) is 1. The van der Waals surface area contributed by atoms with Crippen LogP contribution in [0, 0.1) is 6.92 Å². The summed E-state index contributed by atoms with van der Waals surface area (Å²) >= 11 is 0. The molecule has 0 heterocycles. The van der Waals surface area contributed by atoms with Gasteiger partial charge in [-0.25, -0.2) is 0 Å². The molecule has 22 heavy (non-hydrogen) atoms. The van der Waals surface area contributed by atoms with Crippen LogP contribution in [0.15, 0.2) is 48.5 Å². The van der Waals surface area contributed by atoms with Crippen LogP contribution in [0.5, 0.6) is 5.75 Å². The van der Waals surface area contributed by atoms with E-state index < -0.39 is 0 Å². The van der Waals surface area contributed by atoms with Crippen LogP contribution in [-0.2, 0) is 4.79 Å². The Bertz CT molecular complexity index is 638. The number of para-hydroxylation sites is 1. The third-order valence-corrected chi connectivity index (χ3v) is 3.31. The van der Waals surface area contributed by atoms with Gasteiger partial charge in [0.15, 0.2) is 0 Å². The summed E-state index contributed by atoms with van der Waals surface area (Å²) in [6, 6.07) is 15.2. The fourth-order valence-electron chi connectivity index (χ4n) is 2.19. The maximum atomic E-state index is 12.0. The normalized spacial score (nSPS) is 11.8. The Morgan fingerprint density at radius 3 is 2.73 bits per heavy atom. The molecule has 0 bridgehead atoms. The van der Waals surface area contributed by atoms with Gasteiger partial charge < -0.3 is 15.8 Å². The van der Waals surface area contributed by atoms with Crippen molar-refractivity contribution in [1.82, 2.24) is 0 Å². The van der Waals surface area contributed by atoms with Crippen molar-refractivity contribution < 1.29 is 9.53 Å². The molecular formula is C18H22N2O2. The van der Waals surface area contributed by atoms with Gasteiger partial charge in [0.05, 0.1) is 13.0 Å². The smallest absolute Gasteiger partial charge is 0.227 e. The summed E-state index contributed by atoms with van der Waals surface area (Å²) in [5.74, 6) is 0.699. The van der Waals surface area contributed by atoms with Crippen molar-refractivity contribution in [3.05, 3.63) is 59.7 Å². The highest BCUT2D eigenvalue weighted by atomic mass is 16.5. The minimum absolute atomic E-state index is 0.0826. The lowest BCUT2D eigenvalue weighted by Crippen LogP contribution is -2.17. The van der Waals surface area contributed by atoms with Crippen molar-refractivity contribution in [1.29, 1.82) is 0 Å². The maximum Gasteiger partial charge on any atom is 0.227 e. The minimum Gasteiger partial charge on any atom is -0.493 e. The Balaban J connectivity index is 1.86. The van der Waals surface area contributed by atoms with E-state index >= 15 is 0 Å². The molecule has 0 aliphatic heterocycles. The second-order valence-corrected chi connectivity index (χ2v) is 5.34. The predicted octanol–water partition coefficient (Wildman–Crippen LogP) is 3.42. The number of hydrogen-bond donors (Lipinski definition) is 2. The van der Waals surface area contributed by atoms with E-state index in [1.807, 2.05) is 62.4 Å². The molecule has 1 atom stereocenters. The van der Waals surface area contributed by atoms with E-state index in [1.54, 1.807) is 0 Å². The molecule has 0 aromatic heterocycles. The molecule has 2 aromatic rings. The number of rotatable bonds is 6. The first-order chi connectivity index (χ1) is 10.6. The molecule has 0 saturated carbocycles. The summed E-state index contributed by atoms with van der Waals surface area (Å²) in [4.78, 5) is 12.0. The number of aryl methyl sites for hydroxylation is 1. The van der Waals surface area contributed by atoms with Crippen LogP contribution >= 0.6 is 0 Å². The molecule has 0 aliphatic rings. The summed E-state index contributed by atoms with van der Waals surface area (Å²) < 4.78 is 5.59. The Hall–Kier alpha value is -2.33. The van der Waals surface area contributed by atoms with Crippen molar-refractivity contribution in [2.24, 2.45) is 5.73 Å². The van der Waals surface area contributed by atoms with Gasteiger partial charge in [-0.3, -0.25) is 4.79 Å². The van der Waals surface area contributed by atoms with E-state index in [2.05, 4.69) is 5.32 Å². The van der Waals surface area contributed by atoms with Gasteiger partial charge in [-0.15, -0.1) is 0 Å². The van der Waals surface area contributed by atoms with Gasteiger partial charge in [0, 0.05) is 11.7 Å². The largest absolute Gasteiger partial charge is 0.493 e. The minimum atomic E-state index is -0.125. The second kappa shape index (κ2) is 7.61. The molecule has 4 heteroatoms. The first-order valence-corrected chi connectivity index (χ1v) is 7.40. The monoisotopic (exact) mass is 298 g/mol. The SMILES string of the molecule is Cc1cccc(OCCC(=O)Nc2ccccc2C(C)N)c1. The molecule has 4 nitrogen and oxygen atoms in total. The van der Waals surface area contributed by atoms with Crippen LogP contribution in [0.3, 0.4) is 0 Å². The van der Waals surface area contributed by atoms with Gasteiger partial charge in [0.25, 0.3) is 0 Å². The number of ether oxygens (including phenoxy) is 1. The first-order valence-electron chi connectivity index (χ1n) is 7.40. The van der Waals surface area contributed by atoms with Gasteiger partial charge in [-0.2, -0.15) is 0 Å². The third kappa shape index (κ3) is 4.60. The Kier molecular flexibility index (Phi) is 5.55. The summed E-state index contributed by atoms with van der Waals surface area (Å²) in [5.41, 5.74) is 8.73. The lowest BCUT2D eigenvalue weighted by molar-refractivity contribution is -0.116. The van der Waals surface area contributed by atoms with Gasteiger partial charge in [-0.05, 0) is 43.2 Å². The number of carbonyl (C=O) groups excluding carboxylic acids is 1. The molecule has 1 amide bonds. The molecule has 3 N–H and O–H groups in total. The van der Waals surface area contributed by atoms with Crippen molar-refractivity contribution in [3.8, 4) is 5.75 Å². The van der Waals surface area contributed by atoms with Crippen LogP contribution in [0.4, 0.5) is 5.69 Å². The van der Waals surface area contributed by atoms with E-state index in [1.165, 1.54) is 0 Å². The van der Waals surface area contributed by atoms with Crippen LogP contribution in [0.2, 0.25) is 0 Å². The Morgan fingerprint density at radius 2 is 2.00 bits per heavy atom. The van der Waals surface area contributed by atoms with Crippen molar-refractivity contribution in [3.63, 3.8) is 0 Å². The molecule has 0 saturated heterocycles. The Morgan fingerprint density at radius 1 is 1.23 bits per heavy atom. The fourth-order valence-corrected chi connectivity index (χ4v) is 2.19. The van der Waals surface area contributed by atoms with Crippen LogP contribution < -0.4 is 15.8 Å². The second-order valence-electron chi connectivity index (χ2n) is 5.34. The van der Waals surface area contributed by atoms with Gasteiger partial charge in [0.2, 0.25) is 5.91 Å². The fraction of sp³-hybridized carbons (Fsp3) is 0.278. The molecule has 1 unspecified atom stereocenters. The van der Waals surface area contributed by atoms with Crippen molar-refractivity contribution in [2.45, 2.75) is 26.3 Å². The first kappa shape index (κ1) is 16.0. The molecule has 116 valence electrons. The highest BCUT2D eigenvalue weighted by Crippen LogP contribution is 2.21. The molecule has 0 spiro atoms. The van der Waals surface area contributed by atoms with Crippen molar-refractivity contribution >= 4 is 11.6 Å². The highest BCUT2D eigenvalue weighted by Gasteiger charge is 2.09. The van der Waals surface area contributed by atoms with E-state index in [4.69, 9.17) is 10.5 Å². The average molecular weight is 298 g/mol. The van der Waals surface area contributed by atoms with Gasteiger partial charge >= 0.3 is 0 Å². The average Bonchev–Trinajstić information content (AvgIpc) is 2.47. The number of amides is 1. The predicted molar refractivity (Wildman–Crippen MR) is 89.0 cm³/mol. The number of nitrogens with one attached hydrogen (secondary N) is 1. The quantitative estimate of drug-likeness (QED) is 0.859. The van der Waals surface area contributed by atoms with E-state index in [0.717, 1.165) is 22.6 Å². The van der Waals surface area contributed by atoms with Crippen LogP contribution in [-0.4, -0.2) is 12.5 Å². The van der Waals surface area contributed by atoms with E-state index in [0.29, 0.717) is 13.0 Å². The number of benzene rings is 2. The zero-order chi connectivity index (χ0) is 15.9.